The lowest BCUT2D eigenvalue weighted by molar-refractivity contribution is 0.517. The maximum atomic E-state index is 9.57. The van der Waals surface area contributed by atoms with Crippen LogP contribution >= 0.6 is 12.8 Å². The molecule has 1 radical (unpaired) electrons. The van der Waals surface area contributed by atoms with E-state index in [1.807, 2.05) is 0 Å². The molecule has 0 atom stereocenters. The van der Waals surface area contributed by atoms with Crippen LogP contribution in [0.15, 0.2) is 12.7 Å². The molecule has 0 rings (SSSR count). The molecule has 1 amide bonds. The Balaban J connectivity index is 3.15. The molecule has 0 aromatic carbocycles. The highest BCUT2D eigenvalue weighted by atomic mass is 32.1. The number of thiol groups is 1. The van der Waals surface area contributed by atoms with Crippen molar-refractivity contribution in [3.8, 4) is 0 Å². The van der Waals surface area contributed by atoms with E-state index < -0.39 is 0 Å². The molecule has 7 heavy (non-hydrogen) atoms. The monoisotopic (exact) mass is 116 g/mol. The van der Waals surface area contributed by atoms with E-state index in [1.165, 1.54) is 0 Å². The van der Waals surface area contributed by atoms with Crippen molar-refractivity contribution in [2.45, 2.75) is 0 Å². The van der Waals surface area contributed by atoms with Gasteiger partial charge in [0.1, 0.15) is 0 Å². The van der Waals surface area contributed by atoms with Gasteiger partial charge in [-0.05, 0) is 0 Å². The topological polar surface area (TPSA) is 20.3 Å². The van der Waals surface area contributed by atoms with Crippen LogP contribution in [0.5, 0.6) is 0 Å². The van der Waals surface area contributed by atoms with Crippen molar-refractivity contribution in [2.75, 3.05) is 6.54 Å². The molecule has 0 aromatic heterocycles. The van der Waals surface area contributed by atoms with Crippen molar-refractivity contribution in [1.29, 1.82) is 0 Å². The van der Waals surface area contributed by atoms with E-state index in [2.05, 4.69) is 19.4 Å². The van der Waals surface area contributed by atoms with Gasteiger partial charge in [0.25, 0.3) is 0 Å². The van der Waals surface area contributed by atoms with Gasteiger partial charge in [0.15, 0.2) is 0 Å². The fourth-order valence-electron chi connectivity index (χ4n) is 0.160. The molecule has 0 saturated heterocycles. The molecule has 0 bridgehead atoms. The molecule has 2 nitrogen and oxygen atoms in total. The van der Waals surface area contributed by atoms with Crippen molar-refractivity contribution in [1.82, 2.24) is 4.31 Å². The Morgan fingerprint density at radius 1 is 2.00 bits per heavy atom. The van der Waals surface area contributed by atoms with Crippen LogP contribution < -0.4 is 0 Å². The van der Waals surface area contributed by atoms with E-state index in [-0.39, 0.29) is 0 Å². The Hall–Kier alpha value is -0.440. The van der Waals surface area contributed by atoms with Gasteiger partial charge in [-0.1, -0.05) is 18.9 Å². The number of hydrogen-bond acceptors (Lipinski definition) is 2. The van der Waals surface area contributed by atoms with Crippen LogP contribution in [0, 0.1) is 0 Å². The normalized spacial score (nSPS) is 7.57. The van der Waals surface area contributed by atoms with Gasteiger partial charge in [-0.15, -0.1) is 6.58 Å². The zero-order valence-corrected chi connectivity index (χ0v) is 4.69. The van der Waals surface area contributed by atoms with Crippen molar-refractivity contribution in [2.24, 2.45) is 0 Å². The quantitative estimate of drug-likeness (QED) is 0.321. The van der Waals surface area contributed by atoms with Gasteiger partial charge in [0.05, 0.1) is 6.54 Å². The van der Waals surface area contributed by atoms with Crippen LogP contribution in [-0.2, 0) is 4.79 Å². The molecule has 0 spiro atoms. The highest BCUT2D eigenvalue weighted by Gasteiger charge is 1.85. The SMILES string of the molecule is C=CCN(S)[C]=O. The van der Waals surface area contributed by atoms with Gasteiger partial charge < -0.3 is 0 Å². The van der Waals surface area contributed by atoms with E-state index in [0.717, 1.165) is 4.31 Å². The minimum atomic E-state index is 0.437. The number of nitrogens with zero attached hydrogens (tertiary/aromatic N) is 1. The number of carbonyl (C=O) groups excluding carboxylic acids is 1. The molecule has 0 aliphatic carbocycles. The van der Waals surface area contributed by atoms with E-state index >= 15 is 0 Å². The second kappa shape index (κ2) is 3.74. The maximum absolute atomic E-state index is 9.57. The smallest absolute Gasteiger partial charge is 0.277 e. The minimum Gasteiger partial charge on any atom is -0.277 e. The Morgan fingerprint density at radius 2 is 2.57 bits per heavy atom. The average molecular weight is 116 g/mol. The van der Waals surface area contributed by atoms with Crippen molar-refractivity contribution >= 4 is 19.2 Å². The minimum absolute atomic E-state index is 0.437. The predicted molar refractivity (Wildman–Crippen MR) is 31.6 cm³/mol. The molecule has 3 heteroatoms. The molecule has 0 heterocycles. The number of hydrogen-bond donors (Lipinski definition) is 1. The van der Waals surface area contributed by atoms with Crippen LogP contribution in [0.2, 0.25) is 0 Å². The van der Waals surface area contributed by atoms with E-state index in [1.54, 1.807) is 12.5 Å². The van der Waals surface area contributed by atoms with E-state index in [9.17, 15) is 4.79 Å². The van der Waals surface area contributed by atoms with Crippen molar-refractivity contribution in [3.05, 3.63) is 12.7 Å². The fraction of sp³-hybridized carbons (Fsp3) is 0.250. The summed E-state index contributed by atoms with van der Waals surface area (Å²) >= 11 is 3.65. The third-order valence-electron chi connectivity index (χ3n) is 0.407. The third kappa shape index (κ3) is 3.39. The summed E-state index contributed by atoms with van der Waals surface area (Å²) in [5.41, 5.74) is 0. The first-order chi connectivity index (χ1) is 3.31. The lowest BCUT2D eigenvalue weighted by Gasteiger charge is -1.99. The molecule has 0 aromatic rings. The summed E-state index contributed by atoms with van der Waals surface area (Å²) < 4.78 is 1.08. The molecular formula is C4H6NOS. The summed E-state index contributed by atoms with van der Waals surface area (Å²) in [6.45, 7) is 3.82. The summed E-state index contributed by atoms with van der Waals surface area (Å²) in [4.78, 5) is 9.57. The average Bonchev–Trinajstić information content (AvgIpc) is 1.68. The van der Waals surface area contributed by atoms with Crippen molar-refractivity contribution < 1.29 is 4.79 Å². The van der Waals surface area contributed by atoms with E-state index in [4.69, 9.17) is 0 Å². The summed E-state index contributed by atoms with van der Waals surface area (Å²) in [5.74, 6) is 0. The van der Waals surface area contributed by atoms with Crippen LogP contribution in [0.1, 0.15) is 0 Å². The fourth-order valence-corrected chi connectivity index (χ4v) is 0.275. The van der Waals surface area contributed by atoms with Crippen molar-refractivity contribution in [3.63, 3.8) is 0 Å². The first-order valence-corrected chi connectivity index (χ1v) is 2.16. The third-order valence-corrected chi connectivity index (χ3v) is 0.652. The van der Waals surface area contributed by atoms with E-state index in [0.29, 0.717) is 6.54 Å². The Morgan fingerprint density at radius 3 is 2.71 bits per heavy atom. The molecule has 0 N–H and O–H groups in total. The van der Waals surface area contributed by atoms with Crippen LogP contribution in [-0.4, -0.2) is 17.3 Å². The highest BCUT2D eigenvalue weighted by molar-refractivity contribution is 7.78. The Bertz CT molecular complexity index is 74.1. The molecule has 0 aliphatic rings. The zero-order chi connectivity index (χ0) is 5.70. The molecule has 0 saturated carbocycles. The zero-order valence-electron chi connectivity index (χ0n) is 3.79. The highest BCUT2D eigenvalue weighted by Crippen LogP contribution is 1.83. The second-order valence-corrected chi connectivity index (χ2v) is 1.44. The summed E-state index contributed by atoms with van der Waals surface area (Å²) in [6, 6.07) is 0. The molecule has 0 aliphatic heterocycles. The van der Waals surface area contributed by atoms with Crippen LogP contribution in [0.25, 0.3) is 0 Å². The molecular weight excluding hydrogens is 110 g/mol. The lowest BCUT2D eigenvalue weighted by Crippen LogP contribution is -2.07. The van der Waals surface area contributed by atoms with Gasteiger partial charge in [-0.3, -0.25) is 9.10 Å². The van der Waals surface area contributed by atoms with Gasteiger partial charge in [-0.2, -0.15) is 0 Å². The van der Waals surface area contributed by atoms with Crippen LogP contribution in [0.3, 0.4) is 0 Å². The Kier molecular flexibility index (Phi) is 3.50. The standard InChI is InChI=1S/C4H6NOS/c1-2-3-5(7)4-6/h2,7H,1,3H2. The van der Waals surface area contributed by atoms with Gasteiger partial charge in [0.2, 0.25) is 0 Å². The number of amides is 1. The lowest BCUT2D eigenvalue weighted by atomic mass is 10.6. The predicted octanol–water partition coefficient (Wildman–Crippen LogP) is 0.386. The largest absolute Gasteiger partial charge is 0.322 e. The first kappa shape index (κ1) is 6.56. The van der Waals surface area contributed by atoms with Gasteiger partial charge >= 0.3 is 6.41 Å². The van der Waals surface area contributed by atoms with Gasteiger partial charge in [0, 0.05) is 0 Å². The first-order valence-electron chi connectivity index (χ1n) is 1.76. The molecule has 0 fully saturated rings. The molecule has 0 unspecified atom stereocenters. The van der Waals surface area contributed by atoms with Crippen LogP contribution in [0.4, 0.5) is 0 Å². The molecule has 39 valence electrons. The summed E-state index contributed by atoms with van der Waals surface area (Å²) in [5, 5.41) is 0. The van der Waals surface area contributed by atoms with Gasteiger partial charge in [-0.25, -0.2) is 0 Å². The number of rotatable bonds is 3. The Labute approximate surface area is 48.4 Å². The summed E-state index contributed by atoms with van der Waals surface area (Å²) in [6.07, 6.45) is 3.11. The second-order valence-electron chi connectivity index (χ2n) is 0.962. The maximum Gasteiger partial charge on any atom is 0.322 e. The summed E-state index contributed by atoms with van der Waals surface area (Å²) in [7, 11) is 0.